The molecule has 8 heteroatoms. The number of anilines is 1. The summed E-state index contributed by atoms with van der Waals surface area (Å²) in [5.74, 6) is -0.303. The van der Waals surface area contributed by atoms with Crippen LogP contribution in [0.4, 0.5) is 5.69 Å². The van der Waals surface area contributed by atoms with E-state index in [1.807, 2.05) is 24.3 Å². The van der Waals surface area contributed by atoms with E-state index in [9.17, 15) is 14.8 Å². The van der Waals surface area contributed by atoms with Crippen LogP contribution in [0.25, 0.3) is 0 Å². The number of hydrogen-bond donors (Lipinski definition) is 0. The Balaban J connectivity index is 1.51. The second-order valence-electron chi connectivity index (χ2n) is 6.03. The van der Waals surface area contributed by atoms with Crippen molar-refractivity contribution in [3.63, 3.8) is 0 Å². The van der Waals surface area contributed by atoms with Gasteiger partial charge in [0.2, 0.25) is 0 Å². The van der Waals surface area contributed by atoms with Crippen molar-refractivity contribution in [3.8, 4) is 5.75 Å². The first-order valence-corrected chi connectivity index (χ1v) is 8.61. The number of piperazine rings is 1. The molecule has 0 N–H and O–H groups in total. The Morgan fingerprint density at radius 1 is 1.07 bits per heavy atom. The molecule has 1 aliphatic rings. The number of benzene rings is 1. The molecule has 1 fully saturated rings. The number of ether oxygens (including phenoxy) is 2. The first kappa shape index (κ1) is 18.5. The maximum Gasteiger partial charge on any atom is 0.405 e. The maximum atomic E-state index is 12.3. The largest absolute Gasteiger partial charge is 0.618 e. The zero-order valence-electron chi connectivity index (χ0n) is 15.0. The summed E-state index contributed by atoms with van der Waals surface area (Å²) in [5, 5.41) is 11.5. The van der Waals surface area contributed by atoms with Crippen molar-refractivity contribution in [1.29, 1.82) is 0 Å². The minimum atomic E-state index is -0.813. The van der Waals surface area contributed by atoms with E-state index in [0.717, 1.165) is 11.4 Å². The Morgan fingerprint density at radius 3 is 2.48 bits per heavy atom. The van der Waals surface area contributed by atoms with Crippen LogP contribution < -0.4 is 14.4 Å². The Hall–Kier alpha value is -3.29. The molecule has 0 unspecified atom stereocenters. The van der Waals surface area contributed by atoms with E-state index in [1.54, 1.807) is 18.1 Å². The van der Waals surface area contributed by atoms with E-state index < -0.39 is 5.97 Å². The quantitative estimate of drug-likeness (QED) is 0.440. The normalized spacial score (nSPS) is 14.0. The summed E-state index contributed by atoms with van der Waals surface area (Å²) in [6.45, 7) is 1.95. The third kappa shape index (κ3) is 4.28. The van der Waals surface area contributed by atoms with Gasteiger partial charge >= 0.3 is 11.7 Å². The number of hydrogen-bond acceptors (Lipinski definition) is 6. The van der Waals surface area contributed by atoms with Crippen molar-refractivity contribution >= 4 is 17.6 Å². The highest BCUT2D eigenvalue weighted by molar-refractivity contribution is 5.88. The lowest BCUT2D eigenvalue weighted by Crippen LogP contribution is -2.50. The molecule has 0 spiro atoms. The highest BCUT2D eigenvalue weighted by atomic mass is 16.5. The minimum absolute atomic E-state index is 0.147. The van der Waals surface area contributed by atoms with Gasteiger partial charge in [0.05, 0.1) is 12.8 Å². The smallest absolute Gasteiger partial charge is 0.405 e. The molecule has 1 saturated heterocycles. The van der Waals surface area contributed by atoms with E-state index in [-0.39, 0.29) is 18.2 Å². The van der Waals surface area contributed by atoms with E-state index in [0.29, 0.717) is 30.9 Å². The van der Waals surface area contributed by atoms with E-state index in [2.05, 4.69) is 4.90 Å². The van der Waals surface area contributed by atoms with Crippen LogP contribution in [-0.4, -0.2) is 56.7 Å². The summed E-state index contributed by atoms with van der Waals surface area (Å²) in [7, 11) is 1.63. The molecule has 1 aromatic carbocycles. The van der Waals surface area contributed by atoms with Crippen LogP contribution in [-0.2, 0) is 9.53 Å². The zero-order chi connectivity index (χ0) is 19.2. The van der Waals surface area contributed by atoms with Gasteiger partial charge in [-0.25, -0.2) is 4.79 Å². The van der Waals surface area contributed by atoms with E-state index in [4.69, 9.17) is 9.47 Å². The fraction of sp³-hybridized carbons (Fsp3) is 0.316. The predicted molar refractivity (Wildman–Crippen MR) is 97.5 cm³/mol. The molecule has 0 radical (unpaired) electrons. The standard InChI is InChI=1S/C19H21N3O5/c1-26-17-8-3-2-6-15(17)20-10-12-21(13-11-20)18(23)14-27-19(24)16-7-4-5-9-22(16)25/h2-9H,10-14H2,1H3. The van der Waals surface area contributed by atoms with Crippen molar-refractivity contribution in [1.82, 2.24) is 4.90 Å². The van der Waals surface area contributed by atoms with Crippen LogP contribution in [0.2, 0.25) is 0 Å². The number of carbonyl (C=O) groups is 2. The number of aromatic nitrogens is 1. The van der Waals surface area contributed by atoms with Crippen molar-refractivity contribution in [2.24, 2.45) is 0 Å². The van der Waals surface area contributed by atoms with Crippen LogP contribution >= 0.6 is 0 Å². The van der Waals surface area contributed by atoms with Gasteiger partial charge < -0.3 is 24.5 Å². The first-order chi connectivity index (χ1) is 13.1. The molecule has 142 valence electrons. The molecule has 2 heterocycles. The molecule has 8 nitrogen and oxygen atoms in total. The topological polar surface area (TPSA) is 86.0 Å². The maximum absolute atomic E-state index is 12.3. The molecule has 2 aromatic rings. The van der Waals surface area contributed by atoms with Gasteiger partial charge in [0.1, 0.15) is 5.75 Å². The summed E-state index contributed by atoms with van der Waals surface area (Å²) in [4.78, 5) is 28.0. The van der Waals surface area contributed by atoms with Crippen molar-refractivity contribution < 1.29 is 23.8 Å². The Kier molecular flexibility index (Phi) is 5.75. The van der Waals surface area contributed by atoms with Gasteiger partial charge in [-0.3, -0.25) is 4.79 Å². The predicted octanol–water partition coefficient (Wildman–Crippen LogP) is 0.834. The molecule has 1 aliphatic heterocycles. The Labute approximate surface area is 157 Å². The lowest BCUT2D eigenvalue weighted by Gasteiger charge is -2.36. The number of methoxy groups -OCH3 is 1. The third-order valence-electron chi connectivity index (χ3n) is 4.42. The molecule has 0 atom stereocenters. The number of pyridine rings is 1. The van der Waals surface area contributed by atoms with Gasteiger partial charge in [-0.2, -0.15) is 4.73 Å². The fourth-order valence-electron chi connectivity index (χ4n) is 2.97. The molecular formula is C19H21N3O5. The van der Waals surface area contributed by atoms with Crippen molar-refractivity contribution in [2.45, 2.75) is 0 Å². The number of nitrogens with zero attached hydrogens (tertiary/aromatic N) is 3. The zero-order valence-corrected chi connectivity index (χ0v) is 15.0. The van der Waals surface area contributed by atoms with Gasteiger partial charge in [-0.05, 0) is 18.2 Å². The monoisotopic (exact) mass is 371 g/mol. The second-order valence-corrected chi connectivity index (χ2v) is 6.03. The van der Waals surface area contributed by atoms with Crippen LogP contribution in [0.15, 0.2) is 48.7 Å². The number of amides is 1. The highest BCUT2D eigenvalue weighted by Gasteiger charge is 2.25. The van der Waals surface area contributed by atoms with Gasteiger partial charge in [0, 0.05) is 38.3 Å². The van der Waals surface area contributed by atoms with Crippen molar-refractivity contribution in [3.05, 3.63) is 59.6 Å². The average molecular weight is 371 g/mol. The van der Waals surface area contributed by atoms with Gasteiger partial charge in [-0.15, -0.1) is 0 Å². The van der Waals surface area contributed by atoms with Crippen LogP contribution in [0.1, 0.15) is 10.5 Å². The Bertz CT molecular complexity index is 818. The average Bonchev–Trinajstić information content (AvgIpc) is 2.72. The number of esters is 1. The summed E-state index contributed by atoms with van der Waals surface area (Å²) in [6, 6.07) is 12.2. The fourth-order valence-corrected chi connectivity index (χ4v) is 2.97. The summed E-state index contributed by atoms with van der Waals surface area (Å²) in [6.07, 6.45) is 1.20. The SMILES string of the molecule is COc1ccccc1N1CCN(C(=O)COC(=O)c2cccc[n+]2[O-])CC1. The van der Waals surface area contributed by atoms with E-state index >= 15 is 0 Å². The summed E-state index contributed by atoms with van der Waals surface area (Å²) >= 11 is 0. The molecular weight excluding hydrogens is 350 g/mol. The molecule has 27 heavy (non-hydrogen) atoms. The molecule has 0 aliphatic carbocycles. The molecule has 1 amide bonds. The second kappa shape index (κ2) is 8.39. The lowest BCUT2D eigenvalue weighted by atomic mass is 10.2. The number of para-hydroxylation sites is 2. The third-order valence-corrected chi connectivity index (χ3v) is 4.42. The number of carbonyl (C=O) groups excluding carboxylic acids is 2. The molecule has 3 rings (SSSR count). The van der Waals surface area contributed by atoms with Crippen LogP contribution in [0, 0.1) is 5.21 Å². The first-order valence-electron chi connectivity index (χ1n) is 8.61. The van der Waals surface area contributed by atoms with Gasteiger partial charge in [-0.1, -0.05) is 12.1 Å². The van der Waals surface area contributed by atoms with Gasteiger partial charge in [0.25, 0.3) is 5.91 Å². The molecule has 0 bridgehead atoms. The van der Waals surface area contributed by atoms with E-state index in [1.165, 1.54) is 18.3 Å². The lowest BCUT2D eigenvalue weighted by molar-refractivity contribution is -0.608. The summed E-state index contributed by atoms with van der Waals surface area (Å²) in [5.41, 5.74) is 0.842. The minimum Gasteiger partial charge on any atom is -0.618 e. The molecule has 1 aromatic heterocycles. The highest BCUT2D eigenvalue weighted by Crippen LogP contribution is 2.28. The van der Waals surface area contributed by atoms with Crippen LogP contribution in [0.5, 0.6) is 5.75 Å². The van der Waals surface area contributed by atoms with Gasteiger partial charge in [0.15, 0.2) is 12.8 Å². The van der Waals surface area contributed by atoms with Crippen molar-refractivity contribution in [2.75, 3.05) is 44.8 Å². The molecule has 0 saturated carbocycles. The Morgan fingerprint density at radius 2 is 1.78 bits per heavy atom. The summed E-state index contributed by atoms with van der Waals surface area (Å²) < 4.78 is 10.8. The number of rotatable bonds is 5. The van der Waals surface area contributed by atoms with Crippen LogP contribution in [0.3, 0.4) is 0 Å².